The second-order valence-corrected chi connectivity index (χ2v) is 8.02. The minimum absolute atomic E-state index is 0.102. The van der Waals surface area contributed by atoms with Gasteiger partial charge >= 0.3 is 0 Å². The number of carbonyl (C=O) groups is 2. The predicted octanol–water partition coefficient (Wildman–Crippen LogP) is 3.25. The molecule has 2 amide bonds. The molecule has 2 aliphatic rings. The molecular formula is C21H26N4O2. The zero-order valence-corrected chi connectivity index (χ0v) is 16.1. The SMILES string of the molecule is Cc1ccc(-n2nc(C(C)C)cc2NC(=O)C2CC(=O)N(C3CC3)C2)cc1. The van der Waals surface area contributed by atoms with Crippen molar-refractivity contribution in [2.75, 3.05) is 11.9 Å². The van der Waals surface area contributed by atoms with Gasteiger partial charge < -0.3 is 10.2 Å². The second-order valence-electron chi connectivity index (χ2n) is 8.02. The molecule has 6 heteroatoms. The van der Waals surface area contributed by atoms with E-state index in [1.165, 1.54) is 5.56 Å². The van der Waals surface area contributed by atoms with Crippen molar-refractivity contribution in [2.24, 2.45) is 5.92 Å². The highest BCUT2D eigenvalue weighted by atomic mass is 16.2. The monoisotopic (exact) mass is 366 g/mol. The average molecular weight is 366 g/mol. The standard InChI is InChI=1S/C21H26N4O2/c1-13(2)18-11-19(25(23-18)17-6-4-14(3)5-7-17)22-21(27)15-10-20(26)24(12-15)16-8-9-16/h4-7,11,13,15-16H,8-10,12H2,1-3H3,(H,22,27). The lowest BCUT2D eigenvalue weighted by molar-refractivity contribution is -0.128. The molecule has 1 aromatic heterocycles. The number of amides is 2. The van der Waals surface area contributed by atoms with Gasteiger partial charge in [0.05, 0.1) is 17.3 Å². The topological polar surface area (TPSA) is 67.2 Å². The van der Waals surface area contributed by atoms with Crippen molar-refractivity contribution >= 4 is 17.6 Å². The summed E-state index contributed by atoms with van der Waals surface area (Å²) in [5, 5.41) is 7.71. The molecule has 1 atom stereocenters. The number of aromatic nitrogens is 2. The molecule has 1 N–H and O–H groups in total. The molecule has 1 aliphatic carbocycles. The van der Waals surface area contributed by atoms with Gasteiger partial charge in [0.1, 0.15) is 5.82 Å². The van der Waals surface area contributed by atoms with Gasteiger partial charge in [0.15, 0.2) is 0 Å². The number of aryl methyl sites for hydroxylation is 1. The number of rotatable bonds is 5. The number of anilines is 1. The molecule has 0 radical (unpaired) electrons. The summed E-state index contributed by atoms with van der Waals surface area (Å²) in [4.78, 5) is 26.9. The van der Waals surface area contributed by atoms with Gasteiger partial charge in [-0.15, -0.1) is 0 Å². The summed E-state index contributed by atoms with van der Waals surface area (Å²) >= 11 is 0. The van der Waals surface area contributed by atoms with Crippen molar-refractivity contribution < 1.29 is 9.59 Å². The number of carbonyl (C=O) groups excluding carboxylic acids is 2. The first kappa shape index (κ1) is 17.8. The van der Waals surface area contributed by atoms with E-state index in [4.69, 9.17) is 0 Å². The Kier molecular flexibility index (Phi) is 4.50. The highest BCUT2D eigenvalue weighted by Crippen LogP contribution is 2.33. The number of benzene rings is 1. The van der Waals surface area contributed by atoms with Gasteiger partial charge in [-0.3, -0.25) is 9.59 Å². The highest BCUT2D eigenvalue weighted by Gasteiger charge is 2.41. The van der Waals surface area contributed by atoms with E-state index in [0.29, 0.717) is 24.8 Å². The van der Waals surface area contributed by atoms with Crippen LogP contribution in [0.2, 0.25) is 0 Å². The zero-order chi connectivity index (χ0) is 19.1. The summed E-state index contributed by atoms with van der Waals surface area (Å²) in [7, 11) is 0. The van der Waals surface area contributed by atoms with Crippen LogP contribution in [-0.4, -0.2) is 39.1 Å². The Bertz CT molecular complexity index is 865. The van der Waals surface area contributed by atoms with Crippen LogP contribution in [0.15, 0.2) is 30.3 Å². The number of nitrogens with one attached hydrogen (secondary N) is 1. The number of hydrogen-bond acceptors (Lipinski definition) is 3. The van der Waals surface area contributed by atoms with E-state index in [1.54, 1.807) is 4.68 Å². The van der Waals surface area contributed by atoms with Crippen LogP contribution in [0.5, 0.6) is 0 Å². The Hall–Kier alpha value is -2.63. The van der Waals surface area contributed by atoms with Crippen LogP contribution in [-0.2, 0) is 9.59 Å². The van der Waals surface area contributed by atoms with E-state index in [2.05, 4.69) is 24.3 Å². The summed E-state index contributed by atoms with van der Waals surface area (Å²) in [6.45, 7) is 6.73. The third kappa shape index (κ3) is 3.61. The zero-order valence-electron chi connectivity index (χ0n) is 16.1. The third-order valence-electron chi connectivity index (χ3n) is 5.37. The van der Waals surface area contributed by atoms with E-state index in [0.717, 1.165) is 24.2 Å². The van der Waals surface area contributed by atoms with Crippen molar-refractivity contribution in [1.29, 1.82) is 0 Å². The molecule has 1 unspecified atom stereocenters. The molecule has 27 heavy (non-hydrogen) atoms. The Morgan fingerprint density at radius 3 is 2.56 bits per heavy atom. The van der Waals surface area contributed by atoms with Gasteiger partial charge in [0.25, 0.3) is 0 Å². The van der Waals surface area contributed by atoms with Crippen LogP contribution in [0, 0.1) is 12.8 Å². The van der Waals surface area contributed by atoms with E-state index in [9.17, 15) is 9.59 Å². The van der Waals surface area contributed by atoms with Crippen molar-refractivity contribution in [1.82, 2.24) is 14.7 Å². The van der Waals surface area contributed by atoms with E-state index in [-0.39, 0.29) is 23.7 Å². The van der Waals surface area contributed by atoms with Crippen LogP contribution in [0.25, 0.3) is 5.69 Å². The molecule has 1 saturated heterocycles. The quantitative estimate of drug-likeness (QED) is 0.883. The maximum absolute atomic E-state index is 12.8. The van der Waals surface area contributed by atoms with E-state index >= 15 is 0 Å². The lowest BCUT2D eigenvalue weighted by Gasteiger charge is -2.15. The summed E-state index contributed by atoms with van der Waals surface area (Å²) < 4.78 is 1.78. The molecule has 2 aromatic rings. The maximum atomic E-state index is 12.8. The smallest absolute Gasteiger partial charge is 0.230 e. The third-order valence-corrected chi connectivity index (χ3v) is 5.37. The normalized spacial score (nSPS) is 19.8. The number of hydrogen-bond donors (Lipinski definition) is 1. The fraction of sp³-hybridized carbons (Fsp3) is 0.476. The molecule has 1 aromatic carbocycles. The second kappa shape index (κ2) is 6.83. The molecular weight excluding hydrogens is 340 g/mol. The van der Waals surface area contributed by atoms with Crippen LogP contribution in [0.3, 0.4) is 0 Å². The molecule has 2 fully saturated rings. The Labute approximate surface area is 159 Å². The molecule has 1 saturated carbocycles. The van der Waals surface area contributed by atoms with Crippen molar-refractivity contribution in [3.8, 4) is 5.69 Å². The van der Waals surface area contributed by atoms with Gasteiger partial charge in [0, 0.05) is 25.1 Å². The fourth-order valence-corrected chi connectivity index (χ4v) is 3.53. The number of likely N-dealkylation sites (tertiary alicyclic amines) is 1. The maximum Gasteiger partial charge on any atom is 0.230 e. The van der Waals surface area contributed by atoms with Crippen molar-refractivity contribution in [3.05, 3.63) is 41.6 Å². The fourth-order valence-electron chi connectivity index (χ4n) is 3.53. The van der Waals surface area contributed by atoms with Gasteiger partial charge in [-0.25, -0.2) is 4.68 Å². The van der Waals surface area contributed by atoms with Crippen LogP contribution in [0.1, 0.15) is 50.3 Å². The van der Waals surface area contributed by atoms with Gasteiger partial charge in [0.2, 0.25) is 11.8 Å². The molecule has 4 rings (SSSR count). The molecule has 142 valence electrons. The van der Waals surface area contributed by atoms with Crippen molar-refractivity contribution in [2.45, 2.75) is 52.0 Å². The first-order valence-electron chi connectivity index (χ1n) is 9.69. The van der Waals surface area contributed by atoms with Crippen LogP contribution in [0.4, 0.5) is 5.82 Å². The Balaban J connectivity index is 1.56. The molecule has 0 bridgehead atoms. The highest BCUT2D eigenvalue weighted by molar-refractivity contribution is 5.97. The summed E-state index contributed by atoms with van der Waals surface area (Å²) in [6.07, 6.45) is 2.44. The van der Waals surface area contributed by atoms with Gasteiger partial charge in [-0.05, 0) is 37.8 Å². The minimum atomic E-state index is -0.290. The number of nitrogens with zero attached hydrogens (tertiary/aromatic N) is 3. The van der Waals surface area contributed by atoms with Gasteiger partial charge in [-0.1, -0.05) is 31.5 Å². The molecule has 0 spiro atoms. The van der Waals surface area contributed by atoms with Crippen molar-refractivity contribution in [3.63, 3.8) is 0 Å². The van der Waals surface area contributed by atoms with E-state index < -0.39 is 0 Å². The Morgan fingerprint density at radius 2 is 1.93 bits per heavy atom. The minimum Gasteiger partial charge on any atom is -0.339 e. The lowest BCUT2D eigenvalue weighted by Crippen LogP contribution is -2.30. The average Bonchev–Trinajstić information content (AvgIpc) is 3.27. The molecule has 6 nitrogen and oxygen atoms in total. The first-order chi connectivity index (χ1) is 12.9. The van der Waals surface area contributed by atoms with E-state index in [1.807, 2.05) is 42.2 Å². The summed E-state index contributed by atoms with van der Waals surface area (Å²) in [5.41, 5.74) is 3.00. The van der Waals surface area contributed by atoms with Crippen LogP contribution < -0.4 is 5.32 Å². The molecule has 2 heterocycles. The Morgan fingerprint density at radius 1 is 1.22 bits per heavy atom. The first-order valence-corrected chi connectivity index (χ1v) is 9.69. The van der Waals surface area contributed by atoms with Gasteiger partial charge in [-0.2, -0.15) is 5.10 Å². The largest absolute Gasteiger partial charge is 0.339 e. The summed E-state index contributed by atoms with van der Waals surface area (Å²) in [5.74, 6) is 0.625. The molecule has 1 aliphatic heterocycles. The summed E-state index contributed by atoms with van der Waals surface area (Å²) in [6, 6.07) is 10.3. The lowest BCUT2D eigenvalue weighted by atomic mass is 10.1. The predicted molar refractivity (Wildman–Crippen MR) is 104 cm³/mol. The van der Waals surface area contributed by atoms with Crippen LogP contribution >= 0.6 is 0 Å².